The van der Waals surface area contributed by atoms with Crippen LogP contribution in [0.3, 0.4) is 0 Å². The molecule has 4 rings (SSSR count). The molecular weight excluding hydrogens is 359 g/mol. The first-order valence-corrected chi connectivity index (χ1v) is 8.97. The van der Waals surface area contributed by atoms with Crippen molar-refractivity contribution in [1.82, 2.24) is 0 Å². The van der Waals surface area contributed by atoms with Crippen molar-refractivity contribution in [3.8, 4) is 11.5 Å². The molecule has 2 N–H and O–H groups in total. The van der Waals surface area contributed by atoms with Crippen LogP contribution in [0.15, 0.2) is 66.7 Å². The van der Waals surface area contributed by atoms with Gasteiger partial charge in [-0.3, -0.25) is 4.79 Å². The lowest BCUT2D eigenvalue weighted by atomic mass is 10.1. The van der Waals surface area contributed by atoms with Gasteiger partial charge in [-0.2, -0.15) is 0 Å². The van der Waals surface area contributed by atoms with Crippen LogP contribution in [0, 0.1) is 5.82 Å². The molecule has 0 aliphatic carbocycles. The molecule has 0 unspecified atom stereocenters. The third kappa shape index (κ3) is 4.23. The minimum absolute atomic E-state index is 0.0100. The van der Waals surface area contributed by atoms with Crippen molar-refractivity contribution >= 4 is 23.0 Å². The van der Waals surface area contributed by atoms with E-state index in [0.717, 1.165) is 17.1 Å². The lowest BCUT2D eigenvalue weighted by Gasteiger charge is -2.19. The number of hydrogen-bond donors (Lipinski definition) is 2. The van der Waals surface area contributed by atoms with E-state index in [4.69, 9.17) is 9.47 Å². The van der Waals surface area contributed by atoms with Gasteiger partial charge in [-0.15, -0.1) is 0 Å². The van der Waals surface area contributed by atoms with Gasteiger partial charge < -0.3 is 20.1 Å². The molecule has 142 valence electrons. The molecule has 0 saturated carbocycles. The fourth-order valence-electron chi connectivity index (χ4n) is 2.94. The van der Waals surface area contributed by atoms with Crippen molar-refractivity contribution in [1.29, 1.82) is 0 Å². The zero-order chi connectivity index (χ0) is 19.3. The molecule has 0 saturated heterocycles. The largest absolute Gasteiger partial charge is 0.486 e. The van der Waals surface area contributed by atoms with Crippen molar-refractivity contribution in [3.05, 3.63) is 78.1 Å². The lowest BCUT2D eigenvalue weighted by Crippen LogP contribution is -2.15. The number of anilines is 3. The van der Waals surface area contributed by atoms with Crippen LogP contribution < -0.4 is 20.1 Å². The highest BCUT2D eigenvalue weighted by molar-refractivity contribution is 5.92. The van der Waals surface area contributed by atoms with Crippen molar-refractivity contribution in [3.63, 3.8) is 0 Å². The lowest BCUT2D eigenvalue weighted by molar-refractivity contribution is -0.115. The molecule has 0 spiro atoms. The van der Waals surface area contributed by atoms with E-state index < -0.39 is 0 Å². The van der Waals surface area contributed by atoms with Crippen molar-refractivity contribution < 1.29 is 18.7 Å². The first kappa shape index (κ1) is 17.9. The number of carbonyl (C=O) groups excluding carboxylic acids is 1. The fourth-order valence-corrected chi connectivity index (χ4v) is 2.94. The number of amides is 1. The normalized spacial score (nSPS) is 12.3. The van der Waals surface area contributed by atoms with E-state index in [2.05, 4.69) is 10.6 Å². The van der Waals surface area contributed by atoms with Crippen LogP contribution in [0.25, 0.3) is 0 Å². The highest BCUT2D eigenvalue weighted by Gasteiger charge is 2.12. The molecule has 3 aromatic carbocycles. The first-order chi connectivity index (χ1) is 13.7. The van der Waals surface area contributed by atoms with Gasteiger partial charge in [0, 0.05) is 23.1 Å². The molecule has 1 heterocycles. The maximum Gasteiger partial charge on any atom is 0.228 e. The number of nitrogens with one attached hydrogen (secondary N) is 2. The van der Waals surface area contributed by atoms with Gasteiger partial charge in [-0.05, 0) is 48.0 Å². The highest BCUT2D eigenvalue weighted by Crippen LogP contribution is 2.33. The number of ether oxygens (including phenoxy) is 2. The van der Waals surface area contributed by atoms with Crippen LogP contribution in [0.1, 0.15) is 5.56 Å². The van der Waals surface area contributed by atoms with Crippen molar-refractivity contribution in [2.24, 2.45) is 0 Å². The summed E-state index contributed by atoms with van der Waals surface area (Å²) >= 11 is 0. The average molecular weight is 378 g/mol. The van der Waals surface area contributed by atoms with E-state index in [-0.39, 0.29) is 18.1 Å². The quantitative estimate of drug-likeness (QED) is 0.685. The number of carbonyl (C=O) groups is 1. The molecule has 6 heteroatoms. The smallest absolute Gasteiger partial charge is 0.228 e. The molecule has 0 atom stereocenters. The van der Waals surface area contributed by atoms with Crippen LogP contribution in [-0.2, 0) is 11.2 Å². The predicted octanol–water partition coefficient (Wildman–Crippen LogP) is 4.52. The number of rotatable bonds is 5. The van der Waals surface area contributed by atoms with E-state index in [9.17, 15) is 9.18 Å². The van der Waals surface area contributed by atoms with Crippen molar-refractivity contribution in [2.45, 2.75) is 6.42 Å². The average Bonchev–Trinajstić information content (AvgIpc) is 2.71. The molecule has 0 bridgehead atoms. The van der Waals surface area contributed by atoms with Gasteiger partial charge in [0.25, 0.3) is 0 Å². The third-order valence-corrected chi connectivity index (χ3v) is 4.31. The standard InChI is InChI=1S/C22H19FN2O3/c23-19-4-2-1-3-15(19)13-22(26)25-17-7-5-16(6-8-17)24-18-9-10-20-21(14-18)28-12-11-27-20/h1-10,14,24H,11-13H2,(H,25,26). The molecule has 5 nitrogen and oxygen atoms in total. The Kier molecular flexibility index (Phi) is 5.10. The SMILES string of the molecule is O=C(Cc1ccccc1F)Nc1ccc(Nc2ccc3c(c2)OCCO3)cc1. The Balaban J connectivity index is 1.37. The summed E-state index contributed by atoms with van der Waals surface area (Å²) in [6, 6.07) is 19.2. The Bertz CT molecular complexity index is 989. The molecule has 0 aromatic heterocycles. The van der Waals surface area contributed by atoms with Gasteiger partial charge in [0.15, 0.2) is 11.5 Å². The molecule has 0 fully saturated rings. The van der Waals surface area contributed by atoms with Crippen LogP contribution in [0.2, 0.25) is 0 Å². The Morgan fingerprint density at radius 1 is 0.857 bits per heavy atom. The molecule has 1 aliphatic heterocycles. The summed E-state index contributed by atoms with van der Waals surface area (Å²) in [6.07, 6.45) is -0.0100. The Morgan fingerprint density at radius 2 is 1.54 bits per heavy atom. The second kappa shape index (κ2) is 8.00. The zero-order valence-corrected chi connectivity index (χ0v) is 15.1. The van der Waals surface area contributed by atoms with E-state index in [1.807, 2.05) is 30.3 Å². The van der Waals surface area contributed by atoms with Gasteiger partial charge in [0.05, 0.1) is 6.42 Å². The highest BCUT2D eigenvalue weighted by atomic mass is 19.1. The number of halogens is 1. The summed E-state index contributed by atoms with van der Waals surface area (Å²) in [7, 11) is 0. The topological polar surface area (TPSA) is 59.6 Å². The number of hydrogen-bond acceptors (Lipinski definition) is 4. The van der Waals surface area contributed by atoms with Gasteiger partial charge in [0.2, 0.25) is 5.91 Å². The summed E-state index contributed by atoms with van der Waals surface area (Å²) < 4.78 is 24.7. The second-order valence-electron chi connectivity index (χ2n) is 6.38. The van der Waals surface area contributed by atoms with Crippen LogP contribution in [0.5, 0.6) is 11.5 Å². The van der Waals surface area contributed by atoms with Crippen LogP contribution in [-0.4, -0.2) is 19.1 Å². The van der Waals surface area contributed by atoms with E-state index in [1.54, 1.807) is 30.3 Å². The Labute approximate surface area is 162 Å². The minimum Gasteiger partial charge on any atom is -0.486 e. The summed E-state index contributed by atoms with van der Waals surface area (Å²) in [4.78, 5) is 12.1. The second-order valence-corrected chi connectivity index (χ2v) is 6.38. The van der Waals surface area contributed by atoms with Gasteiger partial charge in [-0.1, -0.05) is 18.2 Å². The van der Waals surface area contributed by atoms with Gasteiger partial charge in [-0.25, -0.2) is 4.39 Å². The number of fused-ring (bicyclic) bond motifs is 1. The van der Waals surface area contributed by atoms with E-state index in [1.165, 1.54) is 6.07 Å². The molecule has 1 aliphatic rings. The van der Waals surface area contributed by atoms with Crippen molar-refractivity contribution in [2.75, 3.05) is 23.8 Å². The third-order valence-electron chi connectivity index (χ3n) is 4.31. The van der Waals surface area contributed by atoms with Crippen LogP contribution in [0.4, 0.5) is 21.5 Å². The molecular formula is C22H19FN2O3. The maximum absolute atomic E-state index is 13.6. The fraction of sp³-hybridized carbons (Fsp3) is 0.136. The maximum atomic E-state index is 13.6. The van der Waals surface area contributed by atoms with E-state index >= 15 is 0 Å². The van der Waals surface area contributed by atoms with Crippen LogP contribution >= 0.6 is 0 Å². The first-order valence-electron chi connectivity index (χ1n) is 8.97. The summed E-state index contributed by atoms with van der Waals surface area (Å²) in [5.74, 6) is 0.812. The minimum atomic E-state index is -0.378. The molecule has 3 aromatic rings. The Morgan fingerprint density at radius 3 is 2.32 bits per heavy atom. The van der Waals surface area contributed by atoms with Gasteiger partial charge >= 0.3 is 0 Å². The number of benzene rings is 3. The molecule has 1 amide bonds. The summed E-state index contributed by atoms with van der Waals surface area (Å²) in [5.41, 5.74) is 2.76. The van der Waals surface area contributed by atoms with E-state index in [0.29, 0.717) is 30.2 Å². The summed E-state index contributed by atoms with van der Waals surface area (Å²) in [6.45, 7) is 1.10. The predicted molar refractivity (Wildman–Crippen MR) is 106 cm³/mol. The zero-order valence-electron chi connectivity index (χ0n) is 15.1. The Hall–Kier alpha value is -3.54. The molecule has 0 radical (unpaired) electrons. The van der Waals surface area contributed by atoms with Gasteiger partial charge in [0.1, 0.15) is 19.0 Å². The summed E-state index contributed by atoms with van der Waals surface area (Å²) in [5, 5.41) is 6.06. The molecule has 28 heavy (non-hydrogen) atoms. The monoisotopic (exact) mass is 378 g/mol.